The van der Waals surface area contributed by atoms with Gasteiger partial charge in [-0.2, -0.15) is 74.5 Å². The maximum atomic E-state index is 13.3. The van der Waals surface area contributed by atoms with Crippen LogP contribution in [0.25, 0.3) is 0 Å². The van der Waals surface area contributed by atoms with Crippen LogP contribution in [0.15, 0.2) is 185 Å². The van der Waals surface area contributed by atoms with Crippen LogP contribution in [0, 0.1) is 0 Å². The molecule has 3 aliphatic rings. The molecule has 0 nitrogen and oxygen atoms in total. The first-order chi connectivity index (χ1) is 37.2. The molecule has 0 unspecified atom stereocenters. The summed E-state index contributed by atoms with van der Waals surface area (Å²) in [6.45, 7) is 0. The Bertz CT molecular complexity index is 2620. The van der Waals surface area contributed by atoms with E-state index in [1.54, 1.807) is 16.7 Å². The highest BCUT2D eigenvalue weighted by Gasteiger charge is 2.39. The summed E-state index contributed by atoms with van der Waals surface area (Å²) in [6.07, 6.45) is -1.10. The molecule has 10 rings (SSSR count). The highest BCUT2D eigenvalue weighted by atomic mass is 32.2. The van der Waals surface area contributed by atoms with Gasteiger partial charge in [0.1, 0.15) is 6.15 Å². The molecule has 3 fully saturated rings. The lowest BCUT2D eigenvalue weighted by Crippen LogP contribution is -2.74. The van der Waals surface area contributed by atoms with Gasteiger partial charge in [0.2, 0.25) is 0 Å². The molecule has 7 aromatic rings. The average molecular weight is 1100 g/mol. The predicted octanol–water partition coefficient (Wildman–Crippen LogP) is 18.1. The van der Waals surface area contributed by atoms with Crippen LogP contribution in [0.3, 0.4) is 0 Å². The van der Waals surface area contributed by atoms with Crippen molar-refractivity contribution < 1.29 is 52.7 Å². The molecule has 3 saturated carbocycles. The Labute approximate surface area is 452 Å². The summed E-state index contributed by atoms with van der Waals surface area (Å²) >= 11 is 0. The Hall–Kier alpha value is -5.89. The van der Waals surface area contributed by atoms with Gasteiger partial charge in [-0.1, -0.05) is 191 Å². The van der Waals surface area contributed by atoms with Crippen molar-refractivity contribution in [2.75, 3.05) is 0 Å². The van der Waals surface area contributed by atoms with Gasteiger partial charge in [-0.05, 0) is 109 Å². The summed E-state index contributed by atoms with van der Waals surface area (Å²) in [5.41, 5.74) is 0.392. The molecule has 0 heterocycles. The standard InChI is InChI=1S/C36H45S.C28H16BF12/c1-4-10-28(11-5-1)31-16-22-34(23-17-31)37(35-24-18-32(19-25-35)29-12-6-2-7-13-29)36-26-20-33(21-27-36)30-14-8-3-9-15-30;30-25(31,32)17-1-9-21(10-2-17)29(22-11-3-18(4-12-22)26(33,34)35,23-13-5-19(6-14-23)27(36,37)38)24-15-7-20(8-16-24)28(39,40)41/h16-30H,1-15H2;1-16H/q+1;-1. The molecular weight excluding hydrogens is 1040 g/mol. The van der Waals surface area contributed by atoms with Gasteiger partial charge in [0, 0.05) is 0 Å². The third-order valence-electron chi connectivity index (χ3n) is 16.5. The first-order valence-corrected chi connectivity index (χ1v) is 28.3. The number of rotatable bonds is 10. The second-order valence-electron chi connectivity index (χ2n) is 21.4. The summed E-state index contributed by atoms with van der Waals surface area (Å²) in [5.74, 6) is 2.32. The van der Waals surface area contributed by atoms with Crippen LogP contribution in [0.1, 0.15) is 153 Å². The van der Waals surface area contributed by atoms with E-state index in [9.17, 15) is 52.7 Å². The van der Waals surface area contributed by atoms with Crippen LogP contribution in [0.5, 0.6) is 0 Å². The number of alkyl halides is 12. The van der Waals surface area contributed by atoms with Gasteiger partial charge < -0.3 is 0 Å². The third-order valence-corrected chi connectivity index (χ3v) is 18.8. The minimum Gasteiger partial charge on any atom is -0.195 e. The van der Waals surface area contributed by atoms with E-state index in [0.29, 0.717) is 48.5 Å². The fourth-order valence-electron chi connectivity index (χ4n) is 12.3. The first-order valence-electron chi connectivity index (χ1n) is 27.1. The molecule has 0 saturated heterocycles. The first kappa shape index (κ1) is 56.8. The molecular formula is C64H61BF12S. The Kier molecular flexibility index (Phi) is 17.4. The summed E-state index contributed by atoms with van der Waals surface area (Å²) in [7, 11) is -0.0542. The number of halogens is 12. The normalized spacial score (nSPS) is 16.7. The molecule has 0 amide bonds. The second kappa shape index (κ2) is 23.8. The van der Waals surface area contributed by atoms with Crippen molar-refractivity contribution in [3.63, 3.8) is 0 Å². The van der Waals surface area contributed by atoms with Gasteiger partial charge in [0.05, 0.1) is 33.1 Å². The van der Waals surface area contributed by atoms with E-state index < -0.39 is 53.1 Å². The largest absolute Gasteiger partial charge is 0.416 e. The predicted molar refractivity (Wildman–Crippen MR) is 289 cm³/mol. The van der Waals surface area contributed by atoms with Crippen molar-refractivity contribution in [1.82, 2.24) is 0 Å². The van der Waals surface area contributed by atoms with Crippen LogP contribution in [0.2, 0.25) is 0 Å². The molecule has 0 radical (unpaired) electrons. The van der Waals surface area contributed by atoms with Crippen molar-refractivity contribution in [2.45, 2.75) is 153 Å². The SMILES string of the molecule is FC(F)(F)c1ccc([B-](c2ccc(C(F)(F)F)cc2)(c2ccc(C(F)(F)F)cc2)c2ccc(C(F)(F)F)cc2)cc1.c1cc([S+](c2ccc(C3CCCCC3)cc2)c2ccc(C3CCCCC3)cc2)ccc1C1CCCCC1. The van der Waals surface area contributed by atoms with Crippen LogP contribution in [-0.4, -0.2) is 6.15 Å². The maximum Gasteiger partial charge on any atom is 0.416 e. The van der Waals surface area contributed by atoms with Crippen molar-refractivity contribution in [2.24, 2.45) is 0 Å². The highest BCUT2D eigenvalue weighted by Crippen LogP contribution is 2.40. The van der Waals surface area contributed by atoms with Gasteiger partial charge in [-0.3, -0.25) is 0 Å². The molecule has 0 aliphatic heterocycles. The van der Waals surface area contributed by atoms with Crippen molar-refractivity contribution >= 4 is 38.9 Å². The zero-order chi connectivity index (χ0) is 55.3. The molecule has 0 aromatic heterocycles. The number of hydrogen-bond acceptors (Lipinski definition) is 0. The maximum absolute atomic E-state index is 13.3. The van der Waals surface area contributed by atoms with Crippen molar-refractivity contribution in [1.29, 1.82) is 0 Å². The highest BCUT2D eigenvalue weighted by molar-refractivity contribution is 7.97. The molecule has 0 bridgehead atoms. The van der Waals surface area contributed by atoms with E-state index in [1.165, 1.54) is 111 Å². The Morgan fingerprint density at radius 2 is 0.449 bits per heavy atom. The minimum atomic E-state index is -4.77. The zero-order valence-electron chi connectivity index (χ0n) is 43.0. The lowest BCUT2D eigenvalue weighted by atomic mass is 9.13. The topological polar surface area (TPSA) is 0 Å². The smallest absolute Gasteiger partial charge is 0.195 e. The summed E-state index contributed by atoms with van der Waals surface area (Å²) in [4.78, 5) is 4.40. The van der Waals surface area contributed by atoms with E-state index in [0.717, 1.165) is 66.3 Å². The second-order valence-corrected chi connectivity index (χ2v) is 23.4. The zero-order valence-corrected chi connectivity index (χ0v) is 43.8. The van der Waals surface area contributed by atoms with Crippen molar-refractivity contribution in [3.05, 3.63) is 209 Å². The molecule has 0 spiro atoms. The fourth-order valence-corrected chi connectivity index (χ4v) is 14.4. The van der Waals surface area contributed by atoms with Crippen LogP contribution in [0.4, 0.5) is 52.7 Å². The monoisotopic (exact) mass is 1100 g/mol. The van der Waals surface area contributed by atoms with Crippen molar-refractivity contribution in [3.8, 4) is 0 Å². The van der Waals surface area contributed by atoms with Gasteiger partial charge >= 0.3 is 24.7 Å². The van der Waals surface area contributed by atoms with Crippen LogP contribution >= 0.6 is 0 Å². The minimum absolute atomic E-state index is 0.0114. The number of hydrogen-bond donors (Lipinski definition) is 0. The molecule has 78 heavy (non-hydrogen) atoms. The van der Waals surface area contributed by atoms with Gasteiger partial charge in [0.15, 0.2) is 14.7 Å². The van der Waals surface area contributed by atoms with Gasteiger partial charge in [-0.15, -0.1) is 0 Å². The number of benzene rings is 7. The molecule has 0 N–H and O–H groups in total. The quantitative estimate of drug-likeness (QED) is 0.0727. The molecule has 14 heteroatoms. The Morgan fingerprint density at radius 3 is 0.628 bits per heavy atom. The Balaban J connectivity index is 0.000000190. The molecule has 410 valence electrons. The molecule has 0 atom stereocenters. The van der Waals surface area contributed by atoms with Crippen LogP contribution in [-0.2, 0) is 35.6 Å². The van der Waals surface area contributed by atoms with E-state index in [4.69, 9.17) is 0 Å². The summed E-state index contributed by atoms with van der Waals surface area (Å²) in [5, 5.41) is 0. The fraction of sp³-hybridized carbons (Fsp3) is 0.344. The van der Waals surface area contributed by atoms with Crippen LogP contribution < -0.4 is 21.9 Å². The summed E-state index contributed by atoms with van der Waals surface area (Å²) < 4.78 is 160. The van der Waals surface area contributed by atoms with E-state index in [-0.39, 0.29) is 32.7 Å². The van der Waals surface area contributed by atoms with E-state index >= 15 is 0 Å². The Morgan fingerprint density at radius 1 is 0.256 bits per heavy atom. The lowest BCUT2D eigenvalue weighted by Gasteiger charge is -2.44. The average Bonchev–Trinajstić information content (AvgIpc) is 3.64. The lowest BCUT2D eigenvalue weighted by molar-refractivity contribution is -0.138. The van der Waals surface area contributed by atoms with E-state index in [1.807, 2.05) is 0 Å². The van der Waals surface area contributed by atoms with E-state index in [2.05, 4.69) is 72.8 Å². The molecule has 7 aromatic carbocycles. The molecule has 3 aliphatic carbocycles. The van der Waals surface area contributed by atoms with Gasteiger partial charge in [0.25, 0.3) is 0 Å². The van der Waals surface area contributed by atoms with Gasteiger partial charge in [-0.25, -0.2) is 0 Å². The third kappa shape index (κ3) is 13.1. The summed E-state index contributed by atoms with van der Waals surface area (Å²) in [6, 6.07) is 43.0.